The maximum absolute atomic E-state index is 12.1. The number of rotatable bonds is 3. The van der Waals surface area contributed by atoms with Gasteiger partial charge in [0, 0.05) is 11.8 Å². The molecule has 4 nitrogen and oxygen atoms in total. The van der Waals surface area contributed by atoms with Crippen molar-refractivity contribution in [2.75, 3.05) is 6.61 Å². The van der Waals surface area contributed by atoms with E-state index >= 15 is 0 Å². The molecule has 2 atom stereocenters. The molecule has 1 fully saturated rings. The topological polar surface area (TPSA) is 52.6 Å². The zero-order chi connectivity index (χ0) is 15.6. The minimum atomic E-state index is -0.530. The van der Waals surface area contributed by atoms with Gasteiger partial charge in [0.15, 0.2) is 0 Å². The Morgan fingerprint density at radius 3 is 2.35 bits per heavy atom. The van der Waals surface area contributed by atoms with Gasteiger partial charge in [-0.3, -0.25) is 4.79 Å². The maximum Gasteiger partial charge on any atom is 0.384 e. The molecule has 1 aliphatic carbocycles. The molecule has 0 aromatic heterocycles. The van der Waals surface area contributed by atoms with Crippen molar-refractivity contribution in [3.63, 3.8) is 0 Å². The van der Waals surface area contributed by atoms with Crippen LogP contribution < -0.4 is 0 Å². The Morgan fingerprint density at radius 1 is 1.25 bits per heavy atom. The normalized spacial score (nSPS) is 23.3. The molecule has 0 aromatic rings. The highest BCUT2D eigenvalue weighted by Crippen LogP contribution is 2.58. The van der Waals surface area contributed by atoms with Crippen LogP contribution in [-0.4, -0.2) is 24.1 Å². The van der Waals surface area contributed by atoms with E-state index in [4.69, 9.17) is 9.47 Å². The molecule has 4 heteroatoms. The van der Waals surface area contributed by atoms with Crippen LogP contribution in [0.1, 0.15) is 48.0 Å². The van der Waals surface area contributed by atoms with Crippen molar-refractivity contribution in [3.05, 3.63) is 0 Å². The summed E-state index contributed by atoms with van der Waals surface area (Å²) in [6, 6.07) is 0. The first-order valence-electron chi connectivity index (χ1n) is 7.00. The molecule has 0 spiro atoms. The summed E-state index contributed by atoms with van der Waals surface area (Å²) in [4.78, 5) is 23.4. The van der Waals surface area contributed by atoms with Gasteiger partial charge in [-0.25, -0.2) is 4.79 Å². The van der Waals surface area contributed by atoms with Crippen molar-refractivity contribution in [1.29, 1.82) is 0 Å². The molecule has 0 aromatic carbocycles. The molecular formula is C16H24O4. The van der Waals surface area contributed by atoms with Gasteiger partial charge in [0.25, 0.3) is 0 Å². The molecule has 0 saturated heterocycles. The van der Waals surface area contributed by atoms with E-state index < -0.39 is 11.6 Å². The lowest BCUT2D eigenvalue weighted by atomic mass is 10.1. The van der Waals surface area contributed by atoms with Crippen molar-refractivity contribution in [1.82, 2.24) is 0 Å². The van der Waals surface area contributed by atoms with Crippen LogP contribution in [0.4, 0.5) is 0 Å². The van der Waals surface area contributed by atoms with Gasteiger partial charge >= 0.3 is 11.9 Å². The van der Waals surface area contributed by atoms with Crippen LogP contribution >= 0.6 is 0 Å². The minimum Gasteiger partial charge on any atom is -0.460 e. The van der Waals surface area contributed by atoms with Gasteiger partial charge in [0.2, 0.25) is 0 Å². The molecule has 0 bridgehead atoms. The van der Waals surface area contributed by atoms with E-state index in [9.17, 15) is 9.59 Å². The minimum absolute atomic E-state index is 0.147. The van der Waals surface area contributed by atoms with Crippen molar-refractivity contribution in [3.8, 4) is 11.8 Å². The molecule has 0 N–H and O–H groups in total. The quantitative estimate of drug-likeness (QED) is 0.453. The third-order valence-electron chi connectivity index (χ3n) is 3.26. The molecule has 20 heavy (non-hydrogen) atoms. The maximum atomic E-state index is 12.1. The second-order valence-electron chi connectivity index (χ2n) is 6.72. The third kappa shape index (κ3) is 4.26. The summed E-state index contributed by atoms with van der Waals surface area (Å²) >= 11 is 0. The second-order valence-corrected chi connectivity index (χ2v) is 6.72. The van der Waals surface area contributed by atoms with E-state index in [2.05, 4.69) is 11.8 Å². The predicted molar refractivity (Wildman–Crippen MR) is 75.6 cm³/mol. The summed E-state index contributed by atoms with van der Waals surface area (Å²) in [7, 11) is 0. The van der Waals surface area contributed by atoms with Crippen LogP contribution in [0.2, 0.25) is 0 Å². The van der Waals surface area contributed by atoms with Gasteiger partial charge in [-0.15, -0.1) is 0 Å². The van der Waals surface area contributed by atoms with E-state index in [-0.39, 0.29) is 23.2 Å². The van der Waals surface area contributed by atoms with E-state index in [1.165, 1.54) is 0 Å². The fraction of sp³-hybridized carbons (Fsp3) is 0.750. The van der Waals surface area contributed by atoms with E-state index in [0.29, 0.717) is 6.61 Å². The van der Waals surface area contributed by atoms with E-state index in [1.807, 2.05) is 41.5 Å². The fourth-order valence-electron chi connectivity index (χ4n) is 2.08. The smallest absolute Gasteiger partial charge is 0.384 e. The number of hydrogen-bond acceptors (Lipinski definition) is 4. The first-order valence-corrected chi connectivity index (χ1v) is 7.00. The summed E-state index contributed by atoms with van der Waals surface area (Å²) in [5.74, 6) is 4.12. The van der Waals surface area contributed by atoms with Gasteiger partial charge in [-0.05, 0) is 32.6 Å². The number of carbonyl (C=O) groups excluding carboxylic acids is 2. The van der Waals surface area contributed by atoms with Gasteiger partial charge in [-0.1, -0.05) is 26.7 Å². The zero-order valence-electron chi connectivity index (χ0n) is 13.2. The van der Waals surface area contributed by atoms with Crippen LogP contribution in [0.15, 0.2) is 0 Å². The molecule has 1 saturated carbocycles. The monoisotopic (exact) mass is 280 g/mol. The molecule has 0 aliphatic heterocycles. The molecule has 0 amide bonds. The Hall–Kier alpha value is -1.50. The summed E-state index contributed by atoms with van der Waals surface area (Å²) in [5.41, 5.74) is -0.756. The Bertz CT molecular complexity index is 445. The third-order valence-corrected chi connectivity index (χ3v) is 3.26. The molecule has 1 aliphatic rings. The highest BCUT2D eigenvalue weighted by atomic mass is 16.6. The average Bonchev–Trinajstić information content (AvgIpc) is 2.83. The Morgan fingerprint density at radius 2 is 1.85 bits per heavy atom. The number of esters is 2. The summed E-state index contributed by atoms with van der Waals surface area (Å²) < 4.78 is 10.3. The number of ether oxygens (including phenoxy) is 2. The molecule has 112 valence electrons. The fourth-order valence-corrected chi connectivity index (χ4v) is 2.08. The van der Waals surface area contributed by atoms with Gasteiger partial charge < -0.3 is 9.47 Å². The SMILES string of the molecule is CCCOC(=O)C#C[C@H]1[C@@H](C(=O)OC(C)(C)C)C1(C)C. The molecule has 0 unspecified atom stereocenters. The van der Waals surface area contributed by atoms with Crippen molar-refractivity contribution >= 4 is 11.9 Å². The first-order chi connectivity index (χ1) is 9.09. The first kappa shape index (κ1) is 16.6. The van der Waals surface area contributed by atoms with E-state index in [1.54, 1.807) is 0 Å². The van der Waals surface area contributed by atoms with Crippen LogP contribution in [0.5, 0.6) is 0 Å². The van der Waals surface area contributed by atoms with Gasteiger partial charge in [0.05, 0.1) is 12.5 Å². The van der Waals surface area contributed by atoms with Crippen molar-refractivity contribution < 1.29 is 19.1 Å². The summed E-state index contributed by atoms with van der Waals surface area (Å²) in [5, 5.41) is 0. The lowest BCUT2D eigenvalue weighted by Crippen LogP contribution is -2.26. The molecule has 1 rings (SSSR count). The largest absolute Gasteiger partial charge is 0.460 e. The van der Waals surface area contributed by atoms with Crippen LogP contribution in [-0.2, 0) is 19.1 Å². The lowest BCUT2D eigenvalue weighted by molar-refractivity contribution is -0.157. The zero-order valence-corrected chi connectivity index (χ0v) is 13.2. The number of hydrogen-bond donors (Lipinski definition) is 0. The van der Waals surface area contributed by atoms with Crippen molar-refractivity contribution in [2.24, 2.45) is 17.3 Å². The lowest BCUT2D eigenvalue weighted by Gasteiger charge is -2.19. The van der Waals surface area contributed by atoms with Crippen LogP contribution in [0.25, 0.3) is 0 Å². The molecule has 0 radical (unpaired) electrons. The van der Waals surface area contributed by atoms with E-state index in [0.717, 1.165) is 6.42 Å². The Balaban J connectivity index is 2.63. The van der Waals surface area contributed by atoms with Crippen molar-refractivity contribution in [2.45, 2.75) is 53.6 Å². The van der Waals surface area contributed by atoms with Crippen LogP contribution in [0, 0.1) is 29.1 Å². The molecular weight excluding hydrogens is 256 g/mol. The molecule has 0 heterocycles. The highest BCUT2D eigenvalue weighted by Gasteiger charge is 2.62. The predicted octanol–water partition coefficient (Wildman–Crippen LogP) is 2.56. The highest BCUT2D eigenvalue weighted by molar-refractivity contribution is 5.89. The second kappa shape index (κ2) is 5.87. The Labute approximate surface area is 121 Å². The average molecular weight is 280 g/mol. The van der Waals surface area contributed by atoms with Gasteiger partial charge in [-0.2, -0.15) is 0 Å². The standard InChI is InChI=1S/C16H24O4/c1-7-10-19-12(17)9-8-11-13(16(11,5)6)14(18)20-15(2,3)4/h11,13H,7,10H2,1-6H3/t11-,13-/m0/s1. The van der Waals surface area contributed by atoms with Gasteiger partial charge in [0.1, 0.15) is 5.60 Å². The van der Waals surface area contributed by atoms with Crippen LogP contribution in [0.3, 0.4) is 0 Å². The summed E-state index contributed by atoms with van der Waals surface area (Å²) in [6.07, 6.45) is 0.767. The Kier molecular flexibility index (Phi) is 4.86. The number of carbonyl (C=O) groups is 2. The summed E-state index contributed by atoms with van der Waals surface area (Å²) in [6.45, 7) is 11.7.